The summed E-state index contributed by atoms with van der Waals surface area (Å²) in [5.41, 5.74) is 11.6. The highest BCUT2D eigenvalue weighted by atomic mass is 16.3. The highest BCUT2D eigenvalue weighted by molar-refractivity contribution is 6.31. The number of para-hydroxylation sites is 4. The van der Waals surface area contributed by atoms with Crippen molar-refractivity contribution in [3.63, 3.8) is 0 Å². The first-order chi connectivity index (χ1) is 26.9. The largest absolute Gasteiger partial charge is 0.455 e. The maximum atomic E-state index is 6.66. The fourth-order valence-electron chi connectivity index (χ4n) is 8.96. The van der Waals surface area contributed by atoms with Crippen LogP contribution in [0.25, 0.3) is 121 Å². The molecule has 0 radical (unpaired) electrons. The molecule has 3 heterocycles. The predicted octanol–water partition coefficient (Wildman–Crippen LogP) is 14.8. The number of rotatable bonds is 3. The molecule has 0 unspecified atom stereocenters. The summed E-state index contributed by atoms with van der Waals surface area (Å²) in [6.07, 6.45) is 0. The maximum Gasteiger partial charge on any atom is 0.227 e. The molecule has 4 nitrogen and oxygen atoms in total. The van der Waals surface area contributed by atoms with Crippen molar-refractivity contribution in [2.45, 2.75) is 26.2 Å². The molecular formula is C51H33NO3. The highest BCUT2D eigenvalue weighted by Crippen LogP contribution is 2.49. The van der Waals surface area contributed by atoms with Crippen molar-refractivity contribution in [3.05, 3.63) is 151 Å². The van der Waals surface area contributed by atoms with Crippen LogP contribution in [0.3, 0.4) is 0 Å². The quantitative estimate of drug-likeness (QED) is 0.172. The van der Waals surface area contributed by atoms with Crippen molar-refractivity contribution < 1.29 is 13.3 Å². The normalized spacial score (nSPS) is 12.6. The summed E-state index contributed by atoms with van der Waals surface area (Å²) in [6.45, 7) is 6.68. The van der Waals surface area contributed by atoms with Gasteiger partial charge in [-0.15, -0.1) is 0 Å². The van der Waals surface area contributed by atoms with Crippen LogP contribution in [0.1, 0.15) is 26.3 Å². The van der Waals surface area contributed by atoms with Crippen LogP contribution in [-0.2, 0) is 5.41 Å². The average Bonchev–Trinajstić information content (AvgIpc) is 3.92. The SMILES string of the molecule is CC(C)(C)c1ccc2oc(-c3cc(-c4cccc5c4oc4ccccc45)c4ccc5ccc(-c6cccc7c6oc6ccccc67)c6ccc3c4c56)nc2c1. The number of aromatic nitrogens is 1. The van der Waals surface area contributed by atoms with E-state index in [4.69, 9.17) is 18.2 Å². The van der Waals surface area contributed by atoms with Crippen LogP contribution in [-0.4, -0.2) is 4.98 Å². The lowest BCUT2D eigenvalue weighted by atomic mass is 9.85. The molecule has 12 aromatic rings. The second kappa shape index (κ2) is 10.8. The first-order valence-corrected chi connectivity index (χ1v) is 18.9. The Hall–Kier alpha value is -6.91. The van der Waals surface area contributed by atoms with E-state index in [2.05, 4.69) is 142 Å². The van der Waals surface area contributed by atoms with E-state index in [9.17, 15) is 0 Å². The van der Waals surface area contributed by atoms with E-state index in [0.29, 0.717) is 5.89 Å². The van der Waals surface area contributed by atoms with Crippen LogP contribution in [0.4, 0.5) is 0 Å². The van der Waals surface area contributed by atoms with Gasteiger partial charge in [-0.1, -0.05) is 136 Å². The second-order valence-electron chi connectivity index (χ2n) is 15.8. The zero-order chi connectivity index (χ0) is 36.6. The van der Waals surface area contributed by atoms with Crippen molar-refractivity contribution in [3.8, 4) is 33.7 Å². The molecule has 0 fully saturated rings. The minimum absolute atomic E-state index is 0.0108. The van der Waals surface area contributed by atoms with Gasteiger partial charge in [-0.3, -0.25) is 0 Å². The third kappa shape index (κ3) is 4.31. The van der Waals surface area contributed by atoms with Gasteiger partial charge in [0.15, 0.2) is 5.58 Å². The number of furan rings is 2. The van der Waals surface area contributed by atoms with E-state index in [-0.39, 0.29) is 5.41 Å². The van der Waals surface area contributed by atoms with Crippen LogP contribution < -0.4 is 0 Å². The van der Waals surface area contributed by atoms with E-state index in [1.54, 1.807) is 0 Å². The van der Waals surface area contributed by atoms with Crippen molar-refractivity contribution in [2.24, 2.45) is 0 Å². The van der Waals surface area contributed by atoms with Gasteiger partial charge in [0.25, 0.3) is 0 Å². The molecule has 0 aliphatic rings. The summed E-state index contributed by atoms with van der Waals surface area (Å²) in [5, 5.41) is 11.4. The van der Waals surface area contributed by atoms with Crippen LogP contribution in [0, 0.1) is 0 Å². The van der Waals surface area contributed by atoms with E-state index in [0.717, 1.165) is 93.6 Å². The van der Waals surface area contributed by atoms with Crippen LogP contribution in [0.15, 0.2) is 159 Å². The summed E-state index contributed by atoms with van der Waals surface area (Å²) in [7, 11) is 0. The summed E-state index contributed by atoms with van der Waals surface area (Å²) < 4.78 is 19.9. The van der Waals surface area contributed by atoms with Gasteiger partial charge in [-0.2, -0.15) is 0 Å². The Morgan fingerprint density at radius 2 is 0.982 bits per heavy atom. The second-order valence-corrected chi connectivity index (χ2v) is 15.8. The molecule has 0 saturated heterocycles. The van der Waals surface area contributed by atoms with Gasteiger partial charge >= 0.3 is 0 Å². The summed E-state index contributed by atoms with van der Waals surface area (Å²) in [5.74, 6) is 0.601. The zero-order valence-electron chi connectivity index (χ0n) is 30.5. The van der Waals surface area contributed by atoms with Crippen molar-refractivity contribution in [2.75, 3.05) is 0 Å². The fourth-order valence-corrected chi connectivity index (χ4v) is 8.96. The van der Waals surface area contributed by atoms with Gasteiger partial charge in [0, 0.05) is 38.2 Å². The molecule has 0 amide bonds. The van der Waals surface area contributed by atoms with Crippen LogP contribution in [0.2, 0.25) is 0 Å². The number of oxazole rings is 1. The first kappa shape index (κ1) is 30.5. The minimum atomic E-state index is -0.0108. The molecule has 3 aromatic heterocycles. The molecule has 0 saturated carbocycles. The van der Waals surface area contributed by atoms with E-state index in [1.807, 2.05) is 24.3 Å². The summed E-state index contributed by atoms with van der Waals surface area (Å²) in [4.78, 5) is 5.19. The van der Waals surface area contributed by atoms with Gasteiger partial charge in [0.1, 0.15) is 27.8 Å². The molecule has 12 rings (SSSR count). The molecule has 0 aliphatic heterocycles. The topological polar surface area (TPSA) is 52.3 Å². The minimum Gasteiger partial charge on any atom is -0.455 e. The summed E-state index contributed by atoms with van der Waals surface area (Å²) in [6, 6.07) is 51.7. The zero-order valence-corrected chi connectivity index (χ0v) is 30.5. The third-order valence-corrected chi connectivity index (χ3v) is 11.7. The number of hydrogen-bond donors (Lipinski definition) is 0. The molecule has 0 aliphatic carbocycles. The van der Waals surface area contributed by atoms with Gasteiger partial charge in [0.05, 0.1) is 0 Å². The average molecular weight is 708 g/mol. The molecule has 0 atom stereocenters. The smallest absolute Gasteiger partial charge is 0.227 e. The monoisotopic (exact) mass is 707 g/mol. The van der Waals surface area contributed by atoms with E-state index in [1.165, 1.54) is 27.1 Å². The fraction of sp³-hybridized carbons (Fsp3) is 0.0784. The molecule has 0 spiro atoms. The highest BCUT2D eigenvalue weighted by Gasteiger charge is 2.24. The molecule has 0 bridgehead atoms. The number of hydrogen-bond acceptors (Lipinski definition) is 4. The Balaban J connectivity index is 1.20. The Labute approximate surface area is 315 Å². The van der Waals surface area contributed by atoms with E-state index < -0.39 is 0 Å². The lowest BCUT2D eigenvalue weighted by Crippen LogP contribution is -2.10. The predicted molar refractivity (Wildman–Crippen MR) is 227 cm³/mol. The maximum absolute atomic E-state index is 6.66. The molecule has 4 heteroatoms. The summed E-state index contributed by atoms with van der Waals surface area (Å²) >= 11 is 0. The molecule has 0 N–H and O–H groups in total. The van der Waals surface area contributed by atoms with Gasteiger partial charge in [0.2, 0.25) is 5.89 Å². The van der Waals surface area contributed by atoms with Crippen molar-refractivity contribution in [1.82, 2.24) is 4.98 Å². The van der Waals surface area contributed by atoms with Gasteiger partial charge in [-0.25, -0.2) is 4.98 Å². The lowest BCUT2D eigenvalue weighted by molar-refractivity contribution is 0.590. The van der Waals surface area contributed by atoms with Crippen LogP contribution >= 0.6 is 0 Å². The Bertz CT molecular complexity index is 3530. The lowest BCUT2D eigenvalue weighted by Gasteiger charge is -2.18. The van der Waals surface area contributed by atoms with Crippen molar-refractivity contribution >= 4 is 87.3 Å². The Morgan fingerprint density at radius 3 is 1.67 bits per heavy atom. The standard InChI is InChI=1S/C51H33NO3/c1-51(2,3)29-20-25-45-42(26-29)52-50(55-45)41-27-40(39-15-9-14-38-32-11-5-7-17-44(32)54-49(38)39)34-22-19-28-18-21-30(33-23-24-35(41)47(34)46(28)33)36-12-8-13-37-31-10-4-6-16-43(31)53-48(36)37/h4-27H,1-3H3. The number of nitrogens with zero attached hydrogens (tertiary/aromatic N) is 1. The molecule has 55 heavy (non-hydrogen) atoms. The third-order valence-electron chi connectivity index (χ3n) is 11.7. The first-order valence-electron chi connectivity index (χ1n) is 18.9. The molecule has 260 valence electrons. The van der Waals surface area contributed by atoms with Crippen molar-refractivity contribution in [1.29, 1.82) is 0 Å². The number of fused-ring (bicyclic) bond motifs is 7. The van der Waals surface area contributed by atoms with Gasteiger partial charge in [-0.05, 0) is 84.8 Å². The molecular weight excluding hydrogens is 675 g/mol. The molecule has 9 aromatic carbocycles. The van der Waals surface area contributed by atoms with E-state index >= 15 is 0 Å². The Morgan fingerprint density at radius 1 is 0.400 bits per heavy atom. The van der Waals surface area contributed by atoms with Crippen LogP contribution in [0.5, 0.6) is 0 Å². The van der Waals surface area contributed by atoms with Gasteiger partial charge < -0.3 is 13.3 Å². The Kier molecular flexibility index (Phi) is 6.02. The number of benzene rings is 9.